The molecule has 0 radical (unpaired) electrons. The molecule has 0 aromatic heterocycles. The Labute approximate surface area is 204 Å². The van der Waals surface area contributed by atoms with E-state index in [1.165, 1.54) is 0 Å². The quantitative estimate of drug-likeness (QED) is 0.439. The van der Waals surface area contributed by atoms with Gasteiger partial charge in [0.25, 0.3) is 0 Å². The fourth-order valence-corrected chi connectivity index (χ4v) is 4.48. The summed E-state index contributed by atoms with van der Waals surface area (Å²) in [6.45, 7) is 5.22. The van der Waals surface area contributed by atoms with Gasteiger partial charge in [-0.25, -0.2) is 9.59 Å². The number of rotatable bonds is 7. The number of amides is 2. The van der Waals surface area contributed by atoms with Crippen molar-refractivity contribution in [2.75, 3.05) is 11.9 Å². The zero-order chi connectivity index (χ0) is 25.1. The summed E-state index contributed by atoms with van der Waals surface area (Å²) in [6, 6.07) is 20.5. The van der Waals surface area contributed by atoms with Gasteiger partial charge in [0.2, 0.25) is 5.91 Å². The molecule has 7 heteroatoms. The Balaban J connectivity index is 1.37. The highest BCUT2D eigenvalue weighted by Gasteiger charge is 2.30. The molecule has 0 aliphatic heterocycles. The molecule has 180 valence electrons. The summed E-state index contributed by atoms with van der Waals surface area (Å²) in [5.41, 5.74) is 5.35. The molecule has 4 rings (SSSR count). The second kappa shape index (κ2) is 10.0. The zero-order valence-corrected chi connectivity index (χ0v) is 19.9. The first-order valence-electron chi connectivity index (χ1n) is 11.5. The molecular formula is C28H28N2O5. The minimum absolute atomic E-state index is 0.0465. The number of aryl methyl sites for hydroxylation is 1. The van der Waals surface area contributed by atoms with Gasteiger partial charge in [0.15, 0.2) is 0 Å². The number of nitrogens with one attached hydrogen (secondary N) is 2. The van der Waals surface area contributed by atoms with Crippen molar-refractivity contribution in [1.82, 2.24) is 5.32 Å². The summed E-state index contributed by atoms with van der Waals surface area (Å²) >= 11 is 0. The fourth-order valence-electron chi connectivity index (χ4n) is 4.48. The third-order valence-corrected chi connectivity index (χ3v) is 6.60. The van der Waals surface area contributed by atoms with Crippen LogP contribution in [0, 0.1) is 12.8 Å². The van der Waals surface area contributed by atoms with Crippen LogP contribution in [-0.4, -0.2) is 35.7 Å². The first-order valence-corrected chi connectivity index (χ1v) is 11.5. The molecule has 7 nitrogen and oxygen atoms in total. The second-order valence-electron chi connectivity index (χ2n) is 8.84. The van der Waals surface area contributed by atoms with Gasteiger partial charge in [-0.15, -0.1) is 0 Å². The summed E-state index contributed by atoms with van der Waals surface area (Å²) in [6.07, 6.45) is -0.610. The van der Waals surface area contributed by atoms with Gasteiger partial charge in [-0.1, -0.05) is 67.6 Å². The Kier molecular flexibility index (Phi) is 6.87. The maximum Gasteiger partial charge on any atom is 0.407 e. The van der Waals surface area contributed by atoms with Crippen LogP contribution in [0.2, 0.25) is 0 Å². The molecule has 1 aliphatic carbocycles. The highest BCUT2D eigenvalue weighted by molar-refractivity contribution is 6.02. The molecule has 2 amide bonds. The van der Waals surface area contributed by atoms with Crippen LogP contribution in [0.5, 0.6) is 0 Å². The van der Waals surface area contributed by atoms with Crippen LogP contribution >= 0.6 is 0 Å². The lowest BCUT2D eigenvalue weighted by atomic mass is 9.98. The number of carbonyl (C=O) groups is 3. The van der Waals surface area contributed by atoms with E-state index in [1.807, 2.05) is 36.4 Å². The molecule has 1 aliphatic rings. The number of ether oxygens (including phenoxy) is 1. The SMILES string of the molecule is Cc1cccc(NC(=O)C(C)C(C)NC(=O)OCC2c3ccccc3-c3ccccc32)c1C(=O)O. The summed E-state index contributed by atoms with van der Waals surface area (Å²) in [5.74, 6) is -2.20. The van der Waals surface area contributed by atoms with Crippen LogP contribution < -0.4 is 10.6 Å². The first kappa shape index (κ1) is 24.0. The number of hydrogen-bond acceptors (Lipinski definition) is 4. The van der Waals surface area contributed by atoms with Gasteiger partial charge < -0.3 is 20.5 Å². The van der Waals surface area contributed by atoms with Crippen molar-refractivity contribution < 1.29 is 24.2 Å². The van der Waals surface area contributed by atoms with E-state index in [9.17, 15) is 19.5 Å². The Bertz CT molecular complexity index is 1240. The lowest BCUT2D eigenvalue weighted by Crippen LogP contribution is -2.42. The van der Waals surface area contributed by atoms with Crippen molar-refractivity contribution >= 4 is 23.7 Å². The average Bonchev–Trinajstić information content (AvgIpc) is 3.15. The van der Waals surface area contributed by atoms with Crippen LogP contribution in [0.15, 0.2) is 66.7 Å². The minimum Gasteiger partial charge on any atom is -0.478 e. The highest BCUT2D eigenvalue weighted by atomic mass is 16.5. The van der Waals surface area contributed by atoms with Crippen LogP contribution in [0.3, 0.4) is 0 Å². The number of hydrogen-bond donors (Lipinski definition) is 3. The summed E-state index contributed by atoms with van der Waals surface area (Å²) in [7, 11) is 0. The van der Waals surface area contributed by atoms with Gasteiger partial charge in [-0.3, -0.25) is 4.79 Å². The van der Waals surface area contributed by atoms with E-state index in [4.69, 9.17) is 4.74 Å². The molecule has 3 aromatic carbocycles. The lowest BCUT2D eigenvalue weighted by molar-refractivity contribution is -0.120. The van der Waals surface area contributed by atoms with E-state index in [-0.39, 0.29) is 23.8 Å². The number of anilines is 1. The predicted octanol–water partition coefficient (Wildman–Crippen LogP) is 5.20. The molecule has 0 spiro atoms. The standard InChI is InChI=1S/C28H28N2O5/c1-16-9-8-14-24(25(16)27(32)33)30-26(31)17(2)18(3)29-28(34)35-15-23-21-12-6-4-10-19(21)20-11-5-7-13-22(20)23/h4-14,17-18,23H,15H2,1-3H3,(H,29,34)(H,30,31)(H,32,33). The van der Waals surface area contributed by atoms with Gasteiger partial charge in [0.05, 0.1) is 17.2 Å². The third kappa shape index (κ3) is 4.89. The number of fused-ring (bicyclic) bond motifs is 3. The molecule has 0 saturated carbocycles. The number of alkyl carbamates (subject to hydrolysis) is 1. The third-order valence-electron chi connectivity index (χ3n) is 6.60. The van der Waals surface area contributed by atoms with Crippen LogP contribution in [0.1, 0.15) is 46.8 Å². The van der Waals surface area contributed by atoms with Crippen LogP contribution in [0.4, 0.5) is 10.5 Å². The largest absolute Gasteiger partial charge is 0.478 e. The van der Waals surface area contributed by atoms with Gasteiger partial charge in [-0.2, -0.15) is 0 Å². The van der Waals surface area contributed by atoms with E-state index >= 15 is 0 Å². The molecule has 3 N–H and O–H groups in total. The van der Waals surface area contributed by atoms with E-state index in [1.54, 1.807) is 39.0 Å². The molecule has 0 bridgehead atoms. The summed E-state index contributed by atoms with van der Waals surface area (Å²) < 4.78 is 5.57. The Morgan fingerprint density at radius 2 is 1.51 bits per heavy atom. The Morgan fingerprint density at radius 3 is 2.11 bits per heavy atom. The number of aromatic carboxylic acids is 1. The predicted molar refractivity (Wildman–Crippen MR) is 134 cm³/mol. The van der Waals surface area contributed by atoms with Crippen molar-refractivity contribution in [2.24, 2.45) is 5.92 Å². The number of carbonyl (C=O) groups excluding carboxylic acids is 2. The molecule has 2 unspecified atom stereocenters. The Morgan fingerprint density at radius 1 is 0.914 bits per heavy atom. The van der Waals surface area contributed by atoms with E-state index in [0.717, 1.165) is 22.3 Å². The van der Waals surface area contributed by atoms with Gasteiger partial charge in [-0.05, 0) is 47.7 Å². The molecule has 2 atom stereocenters. The Hall–Kier alpha value is -4.13. The fraction of sp³-hybridized carbons (Fsp3) is 0.250. The summed E-state index contributed by atoms with van der Waals surface area (Å²) in [5, 5.41) is 14.9. The molecule has 0 saturated heterocycles. The maximum absolute atomic E-state index is 12.8. The van der Waals surface area contributed by atoms with E-state index < -0.39 is 29.9 Å². The van der Waals surface area contributed by atoms with E-state index in [0.29, 0.717) is 5.56 Å². The maximum atomic E-state index is 12.8. The molecule has 0 heterocycles. The van der Waals surface area contributed by atoms with E-state index in [2.05, 4.69) is 22.8 Å². The molecule has 0 fully saturated rings. The van der Waals surface area contributed by atoms with Crippen molar-refractivity contribution in [3.63, 3.8) is 0 Å². The van der Waals surface area contributed by atoms with Crippen molar-refractivity contribution in [1.29, 1.82) is 0 Å². The topological polar surface area (TPSA) is 105 Å². The smallest absolute Gasteiger partial charge is 0.407 e. The minimum atomic E-state index is -1.11. The van der Waals surface area contributed by atoms with Crippen LogP contribution in [0.25, 0.3) is 11.1 Å². The van der Waals surface area contributed by atoms with Gasteiger partial charge in [0, 0.05) is 12.0 Å². The zero-order valence-electron chi connectivity index (χ0n) is 19.9. The van der Waals surface area contributed by atoms with Crippen molar-refractivity contribution in [2.45, 2.75) is 32.7 Å². The summed E-state index contributed by atoms with van der Waals surface area (Å²) in [4.78, 5) is 36.9. The first-order chi connectivity index (χ1) is 16.8. The van der Waals surface area contributed by atoms with Crippen molar-refractivity contribution in [3.05, 3.63) is 89.0 Å². The number of carboxylic acids is 1. The lowest BCUT2D eigenvalue weighted by Gasteiger charge is -2.22. The average molecular weight is 473 g/mol. The number of benzene rings is 3. The molecular weight excluding hydrogens is 444 g/mol. The van der Waals surface area contributed by atoms with Crippen molar-refractivity contribution in [3.8, 4) is 11.1 Å². The molecule has 3 aromatic rings. The highest BCUT2D eigenvalue weighted by Crippen LogP contribution is 2.44. The van der Waals surface area contributed by atoms with Gasteiger partial charge >= 0.3 is 12.1 Å². The normalized spacial score (nSPS) is 13.8. The monoisotopic (exact) mass is 472 g/mol. The molecule has 35 heavy (non-hydrogen) atoms. The van der Waals surface area contributed by atoms with Gasteiger partial charge in [0.1, 0.15) is 6.61 Å². The van der Waals surface area contributed by atoms with Crippen LogP contribution in [-0.2, 0) is 9.53 Å². The number of carboxylic acid groups (broad SMARTS) is 1. The second-order valence-corrected chi connectivity index (χ2v) is 8.84.